The van der Waals surface area contributed by atoms with Crippen molar-refractivity contribution in [2.45, 2.75) is 51.9 Å². The fraction of sp³-hybridized carbons (Fsp3) is 0.647. The summed E-state index contributed by atoms with van der Waals surface area (Å²) in [6, 6.07) is 6.34. The molecule has 3 rings (SSSR count). The fourth-order valence-corrected chi connectivity index (χ4v) is 2.76. The molecule has 22 heavy (non-hydrogen) atoms. The van der Waals surface area contributed by atoms with Crippen LogP contribution in [-0.2, 0) is 18.8 Å². The van der Waals surface area contributed by atoms with Crippen LogP contribution in [0.5, 0.6) is 0 Å². The van der Waals surface area contributed by atoms with Gasteiger partial charge in [0.15, 0.2) is 0 Å². The van der Waals surface area contributed by atoms with Crippen LogP contribution >= 0.6 is 0 Å². The summed E-state index contributed by atoms with van der Waals surface area (Å²) >= 11 is 0. The van der Waals surface area contributed by atoms with Gasteiger partial charge in [-0.05, 0) is 45.6 Å². The summed E-state index contributed by atoms with van der Waals surface area (Å²) in [5, 5.41) is 0. The summed E-state index contributed by atoms with van der Waals surface area (Å²) in [5.41, 5.74) is 2.70. The van der Waals surface area contributed by atoms with Gasteiger partial charge in [-0.1, -0.05) is 23.8 Å². The summed E-state index contributed by atoms with van der Waals surface area (Å²) in [6.45, 7) is 12.3. The Morgan fingerprint density at radius 2 is 1.73 bits per heavy atom. The highest BCUT2D eigenvalue weighted by atomic mass is 16.7. The van der Waals surface area contributed by atoms with Crippen LogP contribution in [-0.4, -0.2) is 38.1 Å². The van der Waals surface area contributed by atoms with Gasteiger partial charge in [-0.15, -0.1) is 0 Å². The molecule has 1 aromatic rings. The smallest absolute Gasteiger partial charge is 0.399 e. The molecule has 1 unspecified atom stereocenters. The lowest BCUT2D eigenvalue weighted by Gasteiger charge is -2.32. The zero-order valence-electron chi connectivity index (χ0n) is 14.1. The molecule has 0 bridgehead atoms. The maximum atomic E-state index is 6.18. The average Bonchev–Trinajstić information content (AvgIpc) is 2.69. The molecule has 0 spiro atoms. The first-order chi connectivity index (χ1) is 10.3. The Labute approximate surface area is 133 Å². The highest BCUT2D eigenvalue weighted by Crippen LogP contribution is 2.37. The molecular formula is C17H25BO4. The van der Waals surface area contributed by atoms with E-state index in [0.29, 0.717) is 19.8 Å². The van der Waals surface area contributed by atoms with Gasteiger partial charge in [0, 0.05) is 0 Å². The van der Waals surface area contributed by atoms with Crippen LogP contribution in [0.3, 0.4) is 0 Å². The molecule has 0 radical (unpaired) electrons. The molecule has 2 saturated heterocycles. The van der Waals surface area contributed by atoms with Crippen molar-refractivity contribution in [2.24, 2.45) is 0 Å². The van der Waals surface area contributed by atoms with Crippen molar-refractivity contribution in [3.8, 4) is 0 Å². The Hall–Kier alpha value is -0.875. The van der Waals surface area contributed by atoms with Gasteiger partial charge in [0.2, 0.25) is 0 Å². The largest absolute Gasteiger partial charge is 0.495 e. The van der Waals surface area contributed by atoms with Crippen molar-refractivity contribution < 1.29 is 18.8 Å². The first-order valence-corrected chi connectivity index (χ1v) is 7.96. The molecule has 0 N–H and O–H groups in total. The molecule has 2 aliphatic rings. The van der Waals surface area contributed by atoms with Gasteiger partial charge < -0.3 is 18.8 Å². The standard InChI is InChI=1S/C17H25BO4/c1-12-6-7-13(15-11-19-8-9-20-15)10-14(12)18-21-16(2,3)17(4,5)22-18/h6-7,10,15H,8-9,11H2,1-5H3. The van der Waals surface area contributed by atoms with Gasteiger partial charge in [-0.25, -0.2) is 0 Å². The van der Waals surface area contributed by atoms with Gasteiger partial charge >= 0.3 is 7.12 Å². The Morgan fingerprint density at radius 3 is 2.32 bits per heavy atom. The normalized spacial score (nSPS) is 27.1. The van der Waals surface area contributed by atoms with Crippen molar-refractivity contribution in [1.82, 2.24) is 0 Å². The Morgan fingerprint density at radius 1 is 1.05 bits per heavy atom. The van der Waals surface area contributed by atoms with Crippen molar-refractivity contribution in [3.63, 3.8) is 0 Å². The summed E-state index contributed by atoms with van der Waals surface area (Å²) in [4.78, 5) is 0. The van der Waals surface area contributed by atoms with E-state index in [1.807, 2.05) is 0 Å². The van der Waals surface area contributed by atoms with E-state index in [1.54, 1.807) is 0 Å². The van der Waals surface area contributed by atoms with E-state index >= 15 is 0 Å². The van der Waals surface area contributed by atoms with Gasteiger partial charge in [0.1, 0.15) is 6.10 Å². The molecule has 2 heterocycles. The first-order valence-electron chi connectivity index (χ1n) is 7.96. The zero-order valence-corrected chi connectivity index (χ0v) is 14.1. The molecule has 2 fully saturated rings. The molecule has 0 aliphatic carbocycles. The van der Waals surface area contributed by atoms with Crippen LogP contribution in [0.1, 0.15) is 44.9 Å². The fourth-order valence-electron chi connectivity index (χ4n) is 2.76. The van der Waals surface area contributed by atoms with Crippen LogP contribution in [0.4, 0.5) is 0 Å². The second-order valence-electron chi connectivity index (χ2n) is 7.14. The Kier molecular flexibility index (Phi) is 4.10. The van der Waals surface area contributed by atoms with Crippen LogP contribution in [0.2, 0.25) is 0 Å². The van der Waals surface area contributed by atoms with Gasteiger partial charge in [-0.3, -0.25) is 0 Å². The molecule has 4 nitrogen and oxygen atoms in total. The second kappa shape index (κ2) is 5.64. The van der Waals surface area contributed by atoms with Crippen molar-refractivity contribution in [1.29, 1.82) is 0 Å². The third-order valence-electron chi connectivity index (χ3n) is 5.00. The third kappa shape index (κ3) is 2.83. The first kappa shape index (κ1) is 16.0. The van der Waals surface area contributed by atoms with Gasteiger partial charge in [-0.2, -0.15) is 0 Å². The highest BCUT2D eigenvalue weighted by molar-refractivity contribution is 6.62. The lowest BCUT2D eigenvalue weighted by molar-refractivity contribution is -0.0901. The van der Waals surface area contributed by atoms with Crippen LogP contribution in [0.15, 0.2) is 18.2 Å². The molecule has 0 saturated carbocycles. The SMILES string of the molecule is Cc1ccc(C2COCCO2)cc1B1OC(C)(C)C(C)(C)O1. The third-order valence-corrected chi connectivity index (χ3v) is 5.00. The molecule has 120 valence electrons. The van der Waals surface area contributed by atoms with E-state index in [0.717, 1.165) is 11.0 Å². The number of aryl methyl sites for hydroxylation is 1. The summed E-state index contributed by atoms with van der Waals surface area (Å²) in [6.07, 6.45) is -0.00414. The number of hydrogen-bond acceptors (Lipinski definition) is 4. The molecule has 0 aromatic heterocycles. The molecule has 5 heteroatoms. The van der Waals surface area contributed by atoms with Gasteiger partial charge in [0.25, 0.3) is 0 Å². The predicted octanol–water partition coefficient (Wildman–Crippen LogP) is 2.38. The maximum absolute atomic E-state index is 6.18. The maximum Gasteiger partial charge on any atom is 0.495 e. The monoisotopic (exact) mass is 304 g/mol. The average molecular weight is 304 g/mol. The number of hydrogen-bond donors (Lipinski definition) is 0. The quantitative estimate of drug-likeness (QED) is 0.786. The van der Waals surface area contributed by atoms with E-state index in [2.05, 4.69) is 52.8 Å². The predicted molar refractivity (Wildman–Crippen MR) is 86.4 cm³/mol. The van der Waals surface area contributed by atoms with E-state index < -0.39 is 0 Å². The van der Waals surface area contributed by atoms with Crippen LogP contribution < -0.4 is 5.46 Å². The van der Waals surface area contributed by atoms with Crippen LogP contribution in [0.25, 0.3) is 0 Å². The molecule has 1 atom stereocenters. The summed E-state index contributed by atoms with van der Waals surface area (Å²) in [7, 11) is -0.338. The Bertz CT molecular complexity index is 534. The Balaban J connectivity index is 1.88. The van der Waals surface area contributed by atoms with Gasteiger partial charge in [0.05, 0.1) is 31.0 Å². The van der Waals surface area contributed by atoms with E-state index in [1.165, 1.54) is 5.56 Å². The number of rotatable bonds is 2. The number of benzene rings is 1. The lowest BCUT2D eigenvalue weighted by Crippen LogP contribution is -2.41. The van der Waals surface area contributed by atoms with Crippen LogP contribution in [0, 0.1) is 6.92 Å². The lowest BCUT2D eigenvalue weighted by atomic mass is 9.75. The van der Waals surface area contributed by atoms with Crippen molar-refractivity contribution in [2.75, 3.05) is 19.8 Å². The van der Waals surface area contributed by atoms with E-state index in [9.17, 15) is 0 Å². The van der Waals surface area contributed by atoms with Crippen molar-refractivity contribution >= 4 is 12.6 Å². The molecule has 1 aromatic carbocycles. The van der Waals surface area contributed by atoms with Crippen molar-refractivity contribution in [3.05, 3.63) is 29.3 Å². The second-order valence-corrected chi connectivity index (χ2v) is 7.14. The molecular weight excluding hydrogens is 279 g/mol. The number of ether oxygens (including phenoxy) is 2. The molecule has 0 amide bonds. The summed E-state index contributed by atoms with van der Waals surface area (Å²) < 4.78 is 23.7. The molecule has 2 aliphatic heterocycles. The zero-order chi connectivity index (χ0) is 16.0. The summed E-state index contributed by atoms with van der Waals surface area (Å²) in [5.74, 6) is 0. The minimum absolute atomic E-state index is 0.00414. The minimum atomic E-state index is -0.338. The minimum Gasteiger partial charge on any atom is -0.399 e. The topological polar surface area (TPSA) is 36.9 Å². The van der Waals surface area contributed by atoms with E-state index in [-0.39, 0.29) is 24.4 Å². The van der Waals surface area contributed by atoms with E-state index in [4.69, 9.17) is 18.8 Å². The highest BCUT2D eigenvalue weighted by Gasteiger charge is 2.52.